The van der Waals surface area contributed by atoms with Crippen LogP contribution >= 0.6 is 11.3 Å². The molecule has 2 amide bonds. The summed E-state index contributed by atoms with van der Waals surface area (Å²) in [7, 11) is 0. The number of amides is 2. The van der Waals surface area contributed by atoms with Gasteiger partial charge in [-0.05, 0) is 48.9 Å². The van der Waals surface area contributed by atoms with Crippen molar-refractivity contribution in [3.05, 3.63) is 52.2 Å². The standard InChI is InChI=1S/C20H22N2O3S/c1-13(21-19(24)11-10-17(23)18-3-2-12-26-18)14-6-8-16(9-7-14)22-20(25)15-4-5-15/h2-3,6-9,12-13,15H,4-5,10-11H2,1H3,(H,21,24)(H,22,25). The number of ketones is 1. The molecule has 1 heterocycles. The molecule has 26 heavy (non-hydrogen) atoms. The molecule has 0 radical (unpaired) electrons. The molecule has 1 saturated carbocycles. The normalized spacial score (nSPS) is 14.5. The van der Waals surface area contributed by atoms with Crippen LogP contribution in [0.15, 0.2) is 41.8 Å². The lowest BCUT2D eigenvalue weighted by atomic mass is 10.1. The molecular weight excluding hydrogens is 348 g/mol. The molecule has 6 heteroatoms. The van der Waals surface area contributed by atoms with Crippen molar-refractivity contribution in [2.75, 3.05) is 5.32 Å². The van der Waals surface area contributed by atoms with E-state index >= 15 is 0 Å². The first-order chi connectivity index (χ1) is 12.5. The Morgan fingerprint density at radius 1 is 1.12 bits per heavy atom. The predicted octanol–water partition coefficient (Wildman–Crippen LogP) is 3.94. The first-order valence-electron chi connectivity index (χ1n) is 8.80. The van der Waals surface area contributed by atoms with Crippen LogP contribution in [0.25, 0.3) is 0 Å². The van der Waals surface area contributed by atoms with Gasteiger partial charge in [0.2, 0.25) is 11.8 Å². The maximum Gasteiger partial charge on any atom is 0.227 e. The van der Waals surface area contributed by atoms with E-state index in [0.717, 1.165) is 24.1 Å². The number of benzene rings is 1. The first kappa shape index (κ1) is 18.3. The Morgan fingerprint density at radius 3 is 2.46 bits per heavy atom. The average Bonchev–Trinajstić information content (AvgIpc) is 3.35. The van der Waals surface area contributed by atoms with Crippen molar-refractivity contribution >= 4 is 34.6 Å². The number of anilines is 1. The van der Waals surface area contributed by atoms with Gasteiger partial charge in [-0.1, -0.05) is 18.2 Å². The number of carbonyl (C=O) groups is 3. The zero-order chi connectivity index (χ0) is 18.5. The molecule has 1 aromatic heterocycles. The van der Waals surface area contributed by atoms with Crippen LogP contribution in [0, 0.1) is 5.92 Å². The lowest BCUT2D eigenvalue weighted by Crippen LogP contribution is -2.26. The highest BCUT2D eigenvalue weighted by Crippen LogP contribution is 2.30. The quantitative estimate of drug-likeness (QED) is 0.691. The summed E-state index contributed by atoms with van der Waals surface area (Å²) in [6.45, 7) is 1.90. The molecule has 136 valence electrons. The summed E-state index contributed by atoms with van der Waals surface area (Å²) in [4.78, 5) is 36.5. The average molecular weight is 370 g/mol. The van der Waals surface area contributed by atoms with Gasteiger partial charge in [0.25, 0.3) is 0 Å². The highest BCUT2D eigenvalue weighted by Gasteiger charge is 2.29. The van der Waals surface area contributed by atoms with E-state index in [9.17, 15) is 14.4 Å². The van der Waals surface area contributed by atoms with E-state index in [1.54, 1.807) is 6.07 Å². The molecule has 2 N–H and O–H groups in total. The van der Waals surface area contributed by atoms with Crippen molar-refractivity contribution in [3.8, 4) is 0 Å². The number of hydrogen-bond acceptors (Lipinski definition) is 4. The second-order valence-corrected chi connectivity index (χ2v) is 7.52. The summed E-state index contributed by atoms with van der Waals surface area (Å²) in [5.41, 5.74) is 1.72. The fraction of sp³-hybridized carbons (Fsp3) is 0.350. The van der Waals surface area contributed by atoms with Gasteiger partial charge in [-0.25, -0.2) is 0 Å². The van der Waals surface area contributed by atoms with Crippen LogP contribution in [0.4, 0.5) is 5.69 Å². The molecule has 5 nitrogen and oxygen atoms in total. The summed E-state index contributed by atoms with van der Waals surface area (Å²) in [6, 6.07) is 10.9. The zero-order valence-corrected chi connectivity index (χ0v) is 15.5. The van der Waals surface area contributed by atoms with Gasteiger partial charge in [-0.3, -0.25) is 14.4 Å². The van der Waals surface area contributed by atoms with Gasteiger partial charge < -0.3 is 10.6 Å². The van der Waals surface area contributed by atoms with Crippen LogP contribution in [-0.4, -0.2) is 17.6 Å². The fourth-order valence-corrected chi connectivity index (χ4v) is 3.32. The first-order valence-corrected chi connectivity index (χ1v) is 9.68. The predicted molar refractivity (Wildman–Crippen MR) is 102 cm³/mol. The molecule has 1 fully saturated rings. The van der Waals surface area contributed by atoms with Gasteiger partial charge in [-0.2, -0.15) is 0 Å². The lowest BCUT2D eigenvalue weighted by Gasteiger charge is -2.15. The monoisotopic (exact) mass is 370 g/mol. The third-order valence-corrected chi connectivity index (χ3v) is 5.29. The molecule has 2 aromatic rings. The minimum absolute atomic E-state index is 0.00133. The SMILES string of the molecule is CC(NC(=O)CCC(=O)c1cccs1)c1ccc(NC(=O)C2CC2)cc1. The second-order valence-electron chi connectivity index (χ2n) is 6.58. The molecule has 1 aliphatic carbocycles. The molecule has 0 bridgehead atoms. The second kappa shape index (κ2) is 8.27. The molecule has 0 spiro atoms. The number of hydrogen-bond donors (Lipinski definition) is 2. The maximum atomic E-state index is 12.1. The zero-order valence-electron chi connectivity index (χ0n) is 14.7. The minimum atomic E-state index is -0.160. The molecule has 1 unspecified atom stereocenters. The van der Waals surface area contributed by atoms with E-state index in [1.807, 2.05) is 42.6 Å². The van der Waals surface area contributed by atoms with E-state index in [2.05, 4.69) is 10.6 Å². The largest absolute Gasteiger partial charge is 0.350 e. The molecule has 1 aromatic carbocycles. The summed E-state index contributed by atoms with van der Waals surface area (Å²) in [5, 5.41) is 7.66. The van der Waals surface area contributed by atoms with Crippen LogP contribution in [0.1, 0.15) is 53.9 Å². The number of rotatable bonds is 8. The minimum Gasteiger partial charge on any atom is -0.350 e. The molecule has 3 rings (SSSR count). The van der Waals surface area contributed by atoms with Crippen molar-refractivity contribution in [3.63, 3.8) is 0 Å². The molecular formula is C20H22N2O3S. The molecule has 1 atom stereocenters. The van der Waals surface area contributed by atoms with Gasteiger partial charge in [-0.15, -0.1) is 11.3 Å². The summed E-state index contributed by atoms with van der Waals surface area (Å²) < 4.78 is 0. The van der Waals surface area contributed by atoms with E-state index in [1.165, 1.54) is 11.3 Å². The van der Waals surface area contributed by atoms with E-state index in [4.69, 9.17) is 0 Å². The van der Waals surface area contributed by atoms with Gasteiger partial charge in [0.1, 0.15) is 0 Å². The topological polar surface area (TPSA) is 75.3 Å². The maximum absolute atomic E-state index is 12.1. The van der Waals surface area contributed by atoms with E-state index in [-0.39, 0.29) is 42.4 Å². The van der Waals surface area contributed by atoms with Gasteiger partial charge in [0.05, 0.1) is 10.9 Å². The Balaban J connectivity index is 1.45. The highest BCUT2D eigenvalue weighted by molar-refractivity contribution is 7.12. The van der Waals surface area contributed by atoms with Crippen LogP contribution < -0.4 is 10.6 Å². The smallest absolute Gasteiger partial charge is 0.227 e. The van der Waals surface area contributed by atoms with Crippen molar-refractivity contribution in [1.82, 2.24) is 5.32 Å². The van der Waals surface area contributed by atoms with Crippen molar-refractivity contribution in [1.29, 1.82) is 0 Å². The summed E-state index contributed by atoms with van der Waals surface area (Å²) >= 11 is 1.39. The van der Waals surface area contributed by atoms with Crippen molar-refractivity contribution in [2.45, 2.75) is 38.6 Å². The molecule has 1 aliphatic rings. The van der Waals surface area contributed by atoms with Crippen LogP contribution in [-0.2, 0) is 9.59 Å². The van der Waals surface area contributed by atoms with Gasteiger partial charge in [0.15, 0.2) is 5.78 Å². The Bertz CT molecular complexity index is 780. The highest BCUT2D eigenvalue weighted by atomic mass is 32.1. The van der Waals surface area contributed by atoms with Crippen molar-refractivity contribution < 1.29 is 14.4 Å². The van der Waals surface area contributed by atoms with Crippen molar-refractivity contribution in [2.24, 2.45) is 5.92 Å². The van der Waals surface area contributed by atoms with E-state index in [0.29, 0.717) is 4.88 Å². The fourth-order valence-electron chi connectivity index (χ4n) is 2.63. The number of nitrogens with one attached hydrogen (secondary N) is 2. The van der Waals surface area contributed by atoms with Gasteiger partial charge in [0, 0.05) is 24.4 Å². The number of carbonyl (C=O) groups excluding carboxylic acids is 3. The number of thiophene rings is 1. The summed E-state index contributed by atoms with van der Waals surface area (Å²) in [6.07, 6.45) is 2.34. The Morgan fingerprint density at radius 2 is 1.85 bits per heavy atom. The van der Waals surface area contributed by atoms with E-state index < -0.39 is 0 Å². The third kappa shape index (κ3) is 5.02. The van der Waals surface area contributed by atoms with Crippen LogP contribution in [0.2, 0.25) is 0 Å². The Kier molecular flexibility index (Phi) is 5.83. The lowest BCUT2D eigenvalue weighted by molar-refractivity contribution is -0.121. The van der Waals surface area contributed by atoms with Crippen LogP contribution in [0.5, 0.6) is 0 Å². The molecule has 0 saturated heterocycles. The Hall–Kier alpha value is -2.47. The summed E-state index contributed by atoms with van der Waals surface area (Å²) in [5.74, 6) is 0.103. The van der Waals surface area contributed by atoms with Gasteiger partial charge >= 0.3 is 0 Å². The number of Topliss-reactive ketones (excluding diaryl/α,β-unsaturated/α-hetero) is 1. The third-order valence-electron chi connectivity index (χ3n) is 4.38. The molecule has 0 aliphatic heterocycles. The van der Waals surface area contributed by atoms with Crippen LogP contribution in [0.3, 0.4) is 0 Å². The Labute approximate surface area is 156 Å².